The lowest BCUT2D eigenvalue weighted by molar-refractivity contribution is -0.133. The summed E-state index contributed by atoms with van der Waals surface area (Å²) in [5.74, 6) is -0.428. The summed E-state index contributed by atoms with van der Waals surface area (Å²) in [6.45, 7) is 4.81. The quantitative estimate of drug-likeness (QED) is 0.578. The Morgan fingerprint density at radius 3 is 2.58 bits per heavy atom. The monoisotopic (exact) mass is 473 g/mol. The van der Waals surface area contributed by atoms with Crippen LogP contribution in [-0.2, 0) is 31.4 Å². The number of aromatic nitrogens is 2. The van der Waals surface area contributed by atoms with Crippen molar-refractivity contribution < 1.29 is 18.0 Å². The van der Waals surface area contributed by atoms with Crippen LogP contribution in [0.2, 0.25) is 0 Å². The van der Waals surface area contributed by atoms with E-state index in [2.05, 4.69) is 20.6 Å². The third-order valence-electron chi connectivity index (χ3n) is 6.43. The molecule has 1 aromatic carbocycles. The summed E-state index contributed by atoms with van der Waals surface area (Å²) in [5.41, 5.74) is 1.38. The maximum Gasteiger partial charge on any atom is 0.237 e. The summed E-state index contributed by atoms with van der Waals surface area (Å²) in [7, 11) is -3.50. The van der Waals surface area contributed by atoms with Crippen molar-refractivity contribution in [1.82, 2.24) is 25.5 Å². The number of benzene rings is 1. The highest BCUT2D eigenvalue weighted by atomic mass is 32.2. The molecular formula is C23H31N5O4S. The van der Waals surface area contributed by atoms with Crippen LogP contribution in [0, 0.1) is 0 Å². The van der Waals surface area contributed by atoms with Crippen molar-refractivity contribution in [2.45, 2.75) is 62.0 Å². The van der Waals surface area contributed by atoms with Gasteiger partial charge in [-0.2, -0.15) is 0 Å². The van der Waals surface area contributed by atoms with Crippen molar-refractivity contribution >= 4 is 21.7 Å². The van der Waals surface area contributed by atoms with Gasteiger partial charge >= 0.3 is 0 Å². The average molecular weight is 474 g/mol. The molecule has 3 N–H and O–H groups in total. The molecule has 2 aromatic rings. The number of sulfone groups is 1. The second kappa shape index (κ2) is 9.26. The average Bonchev–Trinajstić information content (AvgIpc) is 3.28. The van der Waals surface area contributed by atoms with Crippen LogP contribution in [0.15, 0.2) is 41.6 Å². The van der Waals surface area contributed by atoms with E-state index >= 15 is 0 Å². The van der Waals surface area contributed by atoms with Gasteiger partial charge in [-0.15, -0.1) is 0 Å². The van der Waals surface area contributed by atoms with Gasteiger partial charge in [-0.1, -0.05) is 18.2 Å². The number of likely N-dealkylation sites (tertiary alicyclic amines) is 1. The first-order valence-corrected chi connectivity index (χ1v) is 13.0. The van der Waals surface area contributed by atoms with Crippen LogP contribution < -0.4 is 10.6 Å². The molecule has 0 radical (unpaired) electrons. The summed E-state index contributed by atoms with van der Waals surface area (Å²) in [5, 5.41) is 6.50. The smallest absolute Gasteiger partial charge is 0.237 e. The number of hydrogen-bond acceptors (Lipinski definition) is 6. The van der Waals surface area contributed by atoms with Crippen molar-refractivity contribution in [3.63, 3.8) is 0 Å². The molecule has 9 nitrogen and oxygen atoms in total. The standard InChI is InChI=1S/C23H31N5O4S/c1-16(2)26-22(30)19-14-18-21(25-15-24-18)23(27-19)9-11-28(12-10-23)20(29)8-13-33(31,32)17-6-4-3-5-7-17/h3-7,15-16,19,27H,8-14H2,1-2H3,(H,24,25)(H,26,30)/t19-/m0/s1. The number of imidazole rings is 1. The maximum atomic E-state index is 12.8. The number of amides is 2. The van der Waals surface area contributed by atoms with Gasteiger partial charge in [0.15, 0.2) is 9.84 Å². The Balaban J connectivity index is 1.40. The second-order valence-electron chi connectivity index (χ2n) is 9.14. The normalized spacial score (nSPS) is 20.0. The Labute approximate surface area is 194 Å². The van der Waals surface area contributed by atoms with Gasteiger partial charge in [0.1, 0.15) is 0 Å². The Hall–Kier alpha value is -2.72. The summed E-state index contributed by atoms with van der Waals surface area (Å²) in [6.07, 6.45) is 3.35. The Kier molecular flexibility index (Phi) is 6.58. The van der Waals surface area contributed by atoms with E-state index in [0.29, 0.717) is 32.4 Å². The Morgan fingerprint density at radius 2 is 1.91 bits per heavy atom. The summed E-state index contributed by atoms with van der Waals surface area (Å²) in [4.78, 5) is 35.2. The molecule has 2 amide bonds. The third kappa shape index (κ3) is 4.96. The van der Waals surface area contributed by atoms with Crippen LogP contribution in [0.25, 0.3) is 0 Å². The highest BCUT2D eigenvalue weighted by molar-refractivity contribution is 7.91. The number of carbonyl (C=O) groups excluding carboxylic acids is 2. The van der Waals surface area contributed by atoms with E-state index in [4.69, 9.17) is 0 Å². The topological polar surface area (TPSA) is 124 Å². The van der Waals surface area contributed by atoms with Gasteiger partial charge in [-0.3, -0.25) is 14.9 Å². The van der Waals surface area contributed by atoms with Gasteiger partial charge in [-0.05, 0) is 38.8 Å². The number of fused-ring (bicyclic) bond motifs is 2. The van der Waals surface area contributed by atoms with Crippen LogP contribution in [-0.4, -0.2) is 66.0 Å². The molecule has 1 aromatic heterocycles. The van der Waals surface area contributed by atoms with Gasteiger partial charge < -0.3 is 15.2 Å². The highest BCUT2D eigenvalue weighted by Gasteiger charge is 2.46. The number of nitrogens with one attached hydrogen (secondary N) is 3. The number of piperidine rings is 1. The number of hydrogen-bond donors (Lipinski definition) is 3. The highest BCUT2D eigenvalue weighted by Crippen LogP contribution is 2.37. The van der Waals surface area contributed by atoms with E-state index < -0.39 is 15.4 Å². The van der Waals surface area contributed by atoms with E-state index in [0.717, 1.165) is 11.4 Å². The minimum Gasteiger partial charge on any atom is -0.353 e. The molecule has 1 spiro atoms. The third-order valence-corrected chi connectivity index (χ3v) is 8.17. The predicted molar refractivity (Wildman–Crippen MR) is 123 cm³/mol. The summed E-state index contributed by atoms with van der Waals surface area (Å²) < 4.78 is 25.0. The van der Waals surface area contributed by atoms with E-state index in [-0.39, 0.29) is 41.0 Å². The van der Waals surface area contributed by atoms with Crippen LogP contribution in [0.1, 0.15) is 44.5 Å². The Bertz CT molecular complexity index is 1100. The molecule has 4 rings (SSSR count). The Morgan fingerprint density at radius 1 is 1.21 bits per heavy atom. The van der Waals surface area contributed by atoms with Gasteiger partial charge in [0.25, 0.3) is 0 Å². The van der Waals surface area contributed by atoms with Crippen molar-refractivity contribution in [2.24, 2.45) is 0 Å². The zero-order valence-corrected chi connectivity index (χ0v) is 19.8. The molecule has 2 aliphatic heterocycles. The van der Waals surface area contributed by atoms with E-state index in [1.165, 1.54) is 0 Å². The van der Waals surface area contributed by atoms with Crippen LogP contribution in [0.3, 0.4) is 0 Å². The first-order chi connectivity index (χ1) is 15.7. The molecule has 0 saturated carbocycles. The summed E-state index contributed by atoms with van der Waals surface area (Å²) >= 11 is 0. The first-order valence-electron chi connectivity index (χ1n) is 11.4. The van der Waals surface area contributed by atoms with Crippen LogP contribution in [0.4, 0.5) is 0 Å². The van der Waals surface area contributed by atoms with Gasteiger partial charge in [-0.25, -0.2) is 13.4 Å². The number of nitrogens with zero attached hydrogens (tertiary/aromatic N) is 2. The van der Waals surface area contributed by atoms with E-state index in [1.807, 2.05) is 13.8 Å². The molecule has 1 atom stereocenters. The second-order valence-corrected chi connectivity index (χ2v) is 11.2. The number of aromatic amines is 1. The van der Waals surface area contributed by atoms with Crippen LogP contribution in [0.5, 0.6) is 0 Å². The van der Waals surface area contributed by atoms with E-state index in [1.54, 1.807) is 41.6 Å². The first kappa shape index (κ1) is 23.4. The predicted octanol–water partition coefficient (Wildman–Crippen LogP) is 1.13. The zero-order chi connectivity index (χ0) is 23.6. The molecule has 33 heavy (non-hydrogen) atoms. The fourth-order valence-corrected chi connectivity index (χ4v) is 5.98. The van der Waals surface area contributed by atoms with Crippen molar-refractivity contribution in [2.75, 3.05) is 18.8 Å². The lowest BCUT2D eigenvalue weighted by Crippen LogP contribution is -2.62. The SMILES string of the molecule is CC(C)NC(=O)[C@@H]1Cc2[nH]cnc2C2(CCN(C(=O)CCS(=O)(=O)c3ccccc3)CC2)N1. The molecule has 1 fully saturated rings. The number of H-pyrrole nitrogens is 1. The molecule has 0 aliphatic carbocycles. The molecular weight excluding hydrogens is 442 g/mol. The fraction of sp³-hybridized carbons (Fsp3) is 0.522. The molecule has 178 valence electrons. The van der Waals surface area contributed by atoms with Gasteiger partial charge in [0, 0.05) is 37.7 Å². The molecule has 1 saturated heterocycles. The largest absolute Gasteiger partial charge is 0.353 e. The molecule has 3 heterocycles. The molecule has 0 unspecified atom stereocenters. The lowest BCUT2D eigenvalue weighted by atomic mass is 9.78. The number of rotatable bonds is 6. The molecule has 10 heteroatoms. The fourth-order valence-electron chi connectivity index (χ4n) is 4.73. The van der Waals surface area contributed by atoms with Crippen molar-refractivity contribution in [1.29, 1.82) is 0 Å². The van der Waals surface area contributed by atoms with Crippen molar-refractivity contribution in [3.8, 4) is 0 Å². The summed E-state index contributed by atoms with van der Waals surface area (Å²) in [6, 6.07) is 7.87. The minimum atomic E-state index is -3.50. The maximum absolute atomic E-state index is 12.8. The molecule has 0 bridgehead atoms. The van der Waals surface area contributed by atoms with Crippen LogP contribution >= 0.6 is 0 Å². The number of carbonyl (C=O) groups is 2. The zero-order valence-electron chi connectivity index (χ0n) is 19.0. The van der Waals surface area contributed by atoms with Crippen molar-refractivity contribution in [3.05, 3.63) is 48.0 Å². The lowest BCUT2D eigenvalue weighted by Gasteiger charge is -2.46. The van der Waals surface area contributed by atoms with E-state index in [9.17, 15) is 18.0 Å². The van der Waals surface area contributed by atoms with Gasteiger partial charge in [0.05, 0.1) is 34.3 Å². The minimum absolute atomic E-state index is 0.0463. The van der Waals surface area contributed by atoms with Gasteiger partial charge in [0.2, 0.25) is 11.8 Å². The molecule has 2 aliphatic rings.